The lowest BCUT2D eigenvalue weighted by molar-refractivity contribution is 0.0684. The van der Waals surface area contributed by atoms with Crippen LogP contribution < -0.4 is 0 Å². The standard InChI is InChI=1S/C7H4ClF2NO2/c8-5-1-3(6(9)10)4(2-11-5)7(12)13/h1-2,6H,(H,12,13). The fourth-order valence-corrected chi connectivity index (χ4v) is 0.970. The highest BCUT2D eigenvalue weighted by Gasteiger charge is 2.18. The van der Waals surface area contributed by atoms with Crippen molar-refractivity contribution in [3.8, 4) is 0 Å². The van der Waals surface area contributed by atoms with Gasteiger partial charge in [0, 0.05) is 11.8 Å². The van der Waals surface area contributed by atoms with Crippen LogP contribution in [0.25, 0.3) is 0 Å². The maximum absolute atomic E-state index is 12.2. The number of rotatable bonds is 2. The topological polar surface area (TPSA) is 50.2 Å². The number of aromatic carboxylic acids is 1. The summed E-state index contributed by atoms with van der Waals surface area (Å²) in [6.45, 7) is 0. The maximum atomic E-state index is 12.2. The number of hydrogen-bond donors (Lipinski definition) is 1. The van der Waals surface area contributed by atoms with E-state index in [0.717, 1.165) is 12.3 Å². The molecule has 0 radical (unpaired) electrons. The molecule has 0 bridgehead atoms. The van der Waals surface area contributed by atoms with Gasteiger partial charge in [-0.1, -0.05) is 11.6 Å². The monoisotopic (exact) mass is 207 g/mol. The third-order valence-corrected chi connectivity index (χ3v) is 1.57. The third-order valence-electron chi connectivity index (χ3n) is 1.37. The maximum Gasteiger partial charge on any atom is 0.337 e. The summed E-state index contributed by atoms with van der Waals surface area (Å²) in [6, 6.07) is 0.843. The quantitative estimate of drug-likeness (QED) is 0.758. The van der Waals surface area contributed by atoms with Gasteiger partial charge in [-0.05, 0) is 6.07 Å². The molecule has 0 aliphatic rings. The highest BCUT2D eigenvalue weighted by molar-refractivity contribution is 6.29. The Morgan fingerprint density at radius 3 is 2.69 bits per heavy atom. The lowest BCUT2D eigenvalue weighted by Gasteiger charge is -2.03. The first-order chi connectivity index (χ1) is 6.02. The molecular formula is C7H4ClF2NO2. The molecule has 13 heavy (non-hydrogen) atoms. The van der Waals surface area contributed by atoms with Gasteiger partial charge >= 0.3 is 5.97 Å². The minimum Gasteiger partial charge on any atom is -0.478 e. The summed E-state index contributed by atoms with van der Waals surface area (Å²) in [4.78, 5) is 13.8. The zero-order valence-electron chi connectivity index (χ0n) is 6.17. The van der Waals surface area contributed by atoms with E-state index < -0.39 is 23.5 Å². The molecule has 0 aromatic carbocycles. The SMILES string of the molecule is O=C(O)c1cnc(Cl)cc1C(F)F. The summed E-state index contributed by atoms with van der Waals surface area (Å²) in [7, 11) is 0. The summed E-state index contributed by atoms with van der Waals surface area (Å²) in [5.74, 6) is -1.44. The Morgan fingerprint density at radius 1 is 1.62 bits per heavy atom. The second-order valence-electron chi connectivity index (χ2n) is 2.20. The third kappa shape index (κ3) is 2.12. The van der Waals surface area contributed by atoms with Crippen molar-refractivity contribution in [2.45, 2.75) is 6.43 Å². The van der Waals surface area contributed by atoms with Gasteiger partial charge in [0.25, 0.3) is 6.43 Å². The van der Waals surface area contributed by atoms with Crippen LogP contribution in [0.1, 0.15) is 22.3 Å². The Kier molecular flexibility index (Phi) is 2.77. The van der Waals surface area contributed by atoms with E-state index in [2.05, 4.69) is 4.98 Å². The van der Waals surface area contributed by atoms with Gasteiger partial charge in [-0.3, -0.25) is 0 Å². The van der Waals surface area contributed by atoms with Crippen molar-refractivity contribution in [1.29, 1.82) is 0 Å². The number of halogens is 3. The zero-order chi connectivity index (χ0) is 10.0. The van der Waals surface area contributed by atoms with Crippen molar-refractivity contribution >= 4 is 17.6 Å². The van der Waals surface area contributed by atoms with Crippen LogP contribution in [0.5, 0.6) is 0 Å². The molecule has 1 N–H and O–H groups in total. The van der Waals surface area contributed by atoms with E-state index in [1.165, 1.54) is 0 Å². The molecule has 1 aromatic heterocycles. The average molecular weight is 208 g/mol. The number of aromatic nitrogens is 1. The van der Waals surface area contributed by atoms with Gasteiger partial charge in [0.1, 0.15) is 5.15 Å². The van der Waals surface area contributed by atoms with Crippen LogP contribution in [-0.2, 0) is 0 Å². The highest BCUT2D eigenvalue weighted by atomic mass is 35.5. The van der Waals surface area contributed by atoms with Crippen molar-refractivity contribution in [3.63, 3.8) is 0 Å². The molecule has 0 saturated heterocycles. The molecule has 0 spiro atoms. The van der Waals surface area contributed by atoms with Gasteiger partial charge in [0.15, 0.2) is 0 Å². The number of carboxylic acid groups (broad SMARTS) is 1. The minimum atomic E-state index is -2.87. The normalized spacial score (nSPS) is 10.5. The Labute approximate surface area is 77.0 Å². The van der Waals surface area contributed by atoms with Crippen LogP contribution in [0.15, 0.2) is 12.3 Å². The van der Waals surface area contributed by atoms with Gasteiger partial charge in [-0.15, -0.1) is 0 Å². The highest BCUT2D eigenvalue weighted by Crippen LogP contribution is 2.24. The molecule has 0 atom stereocenters. The molecule has 0 aliphatic heterocycles. The lowest BCUT2D eigenvalue weighted by Crippen LogP contribution is -2.03. The smallest absolute Gasteiger partial charge is 0.337 e. The molecule has 0 fully saturated rings. The van der Waals surface area contributed by atoms with Crippen molar-refractivity contribution < 1.29 is 18.7 Å². The van der Waals surface area contributed by atoms with Crippen molar-refractivity contribution in [2.24, 2.45) is 0 Å². The molecule has 6 heteroatoms. The Morgan fingerprint density at radius 2 is 2.23 bits per heavy atom. The second-order valence-corrected chi connectivity index (χ2v) is 2.59. The van der Waals surface area contributed by atoms with Gasteiger partial charge in [0.2, 0.25) is 0 Å². The molecule has 0 aliphatic carbocycles. The largest absolute Gasteiger partial charge is 0.478 e. The second kappa shape index (κ2) is 3.66. The van der Waals surface area contributed by atoms with Crippen LogP contribution in [-0.4, -0.2) is 16.1 Å². The first-order valence-electron chi connectivity index (χ1n) is 3.19. The van der Waals surface area contributed by atoms with Gasteiger partial charge in [-0.2, -0.15) is 0 Å². The molecule has 0 unspecified atom stereocenters. The van der Waals surface area contributed by atoms with Crippen LogP contribution in [0, 0.1) is 0 Å². The van der Waals surface area contributed by atoms with E-state index in [0.29, 0.717) is 0 Å². The summed E-state index contributed by atoms with van der Waals surface area (Å²) in [5, 5.41) is 8.34. The molecule has 0 amide bonds. The molecular weight excluding hydrogens is 204 g/mol. The number of alkyl halides is 2. The van der Waals surface area contributed by atoms with Crippen molar-refractivity contribution in [1.82, 2.24) is 4.98 Å². The molecule has 1 aromatic rings. The Balaban J connectivity index is 3.26. The molecule has 1 rings (SSSR count). The van der Waals surface area contributed by atoms with Gasteiger partial charge in [-0.25, -0.2) is 18.6 Å². The van der Waals surface area contributed by atoms with Crippen LogP contribution in [0.4, 0.5) is 8.78 Å². The van der Waals surface area contributed by atoms with E-state index in [9.17, 15) is 13.6 Å². The minimum absolute atomic E-state index is 0.152. The number of hydrogen-bond acceptors (Lipinski definition) is 2. The number of carbonyl (C=O) groups is 1. The predicted octanol–water partition coefficient (Wildman–Crippen LogP) is 2.37. The van der Waals surface area contributed by atoms with E-state index in [1.807, 2.05) is 0 Å². The Hall–Kier alpha value is -1.23. The van der Waals surface area contributed by atoms with E-state index in [-0.39, 0.29) is 5.15 Å². The first-order valence-corrected chi connectivity index (χ1v) is 3.57. The lowest BCUT2D eigenvalue weighted by atomic mass is 10.1. The van der Waals surface area contributed by atoms with E-state index in [4.69, 9.17) is 16.7 Å². The van der Waals surface area contributed by atoms with Crippen LogP contribution in [0.3, 0.4) is 0 Å². The number of pyridine rings is 1. The van der Waals surface area contributed by atoms with Crippen molar-refractivity contribution in [3.05, 3.63) is 28.5 Å². The summed E-state index contributed by atoms with van der Waals surface area (Å²) >= 11 is 5.33. The van der Waals surface area contributed by atoms with Crippen LogP contribution in [0.2, 0.25) is 5.15 Å². The summed E-state index contributed by atoms with van der Waals surface area (Å²) in [5.41, 5.74) is -1.15. The zero-order valence-corrected chi connectivity index (χ0v) is 6.92. The summed E-state index contributed by atoms with van der Waals surface area (Å²) < 4.78 is 24.4. The first kappa shape index (κ1) is 9.85. The molecule has 1 heterocycles. The molecule has 70 valence electrons. The molecule has 3 nitrogen and oxygen atoms in total. The van der Waals surface area contributed by atoms with E-state index >= 15 is 0 Å². The molecule has 0 saturated carbocycles. The number of nitrogens with zero attached hydrogens (tertiary/aromatic N) is 1. The van der Waals surface area contributed by atoms with E-state index in [1.54, 1.807) is 0 Å². The van der Waals surface area contributed by atoms with Gasteiger partial charge in [0.05, 0.1) is 5.56 Å². The fraction of sp³-hybridized carbons (Fsp3) is 0.143. The Bertz CT molecular complexity index is 343. The fourth-order valence-electron chi connectivity index (χ4n) is 0.803. The predicted molar refractivity (Wildman–Crippen MR) is 41.2 cm³/mol. The van der Waals surface area contributed by atoms with Crippen LogP contribution >= 0.6 is 11.6 Å². The van der Waals surface area contributed by atoms with Crippen molar-refractivity contribution in [2.75, 3.05) is 0 Å². The van der Waals surface area contributed by atoms with Gasteiger partial charge < -0.3 is 5.11 Å². The summed E-state index contributed by atoms with van der Waals surface area (Å²) in [6.07, 6.45) is -2.06. The average Bonchev–Trinajstić information content (AvgIpc) is 2.03. The number of carboxylic acids is 1.